The lowest BCUT2D eigenvalue weighted by Gasteiger charge is -2.42. The molecule has 4 aliphatic heterocycles. The number of fused-ring (bicyclic) bond motifs is 4. The van der Waals surface area contributed by atoms with Crippen LogP contribution in [0.15, 0.2) is 54.6 Å². The molecule has 3 unspecified atom stereocenters. The van der Waals surface area contributed by atoms with Crippen LogP contribution in [0.5, 0.6) is 0 Å². The fourth-order valence-electron chi connectivity index (χ4n) is 6.17. The molecule has 3 fully saturated rings. The molecule has 1 amide bonds. The Hall–Kier alpha value is -1.92. The van der Waals surface area contributed by atoms with Crippen molar-refractivity contribution >= 4 is 31.3 Å². The summed E-state index contributed by atoms with van der Waals surface area (Å²) in [7, 11) is 2.24. The minimum atomic E-state index is 0.00357. The van der Waals surface area contributed by atoms with E-state index in [9.17, 15) is 4.79 Å². The summed E-state index contributed by atoms with van der Waals surface area (Å²) in [5, 5.41) is 4.07. The molecule has 4 heterocycles. The Morgan fingerprint density at radius 2 is 1.89 bits per heavy atom. The van der Waals surface area contributed by atoms with E-state index >= 15 is 0 Å². The highest BCUT2D eigenvalue weighted by Gasteiger charge is 2.69. The van der Waals surface area contributed by atoms with Crippen molar-refractivity contribution in [2.24, 2.45) is 0 Å². The van der Waals surface area contributed by atoms with Gasteiger partial charge in [0.2, 0.25) is 5.91 Å². The lowest BCUT2D eigenvalue weighted by atomic mass is 9.73. The van der Waals surface area contributed by atoms with Gasteiger partial charge in [0.05, 0.1) is 22.5 Å². The maximum atomic E-state index is 13.1. The third kappa shape index (κ3) is 1.93. The lowest BCUT2D eigenvalue weighted by Crippen LogP contribution is -2.54. The largest absolute Gasteiger partial charge is 0.364 e. The van der Waals surface area contributed by atoms with E-state index in [-0.39, 0.29) is 23.5 Å². The van der Waals surface area contributed by atoms with Gasteiger partial charge in [-0.25, -0.2) is 0 Å². The predicted molar refractivity (Wildman–Crippen MR) is 111 cm³/mol. The smallest absolute Gasteiger partial charge is 0.234 e. The minimum Gasteiger partial charge on any atom is -0.364 e. The number of anilines is 1. The van der Waals surface area contributed by atoms with Crippen molar-refractivity contribution < 1.29 is 4.79 Å². The molecule has 6 rings (SSSR count). The van der Waals surface area contributed by atoms with Gasteiger partial charge in [-0.1, -0.05) is 48.5 Å². The summed E-state index contributed by atoms with van der Waals surface area (Å²) in [5.41, 5.74) is 3.96. The van der Waals surface area contributed by atoms with Crippen molar-refractivity contribution in [2.75, 3.05) is 17.6 Å². The third-order valence-electron chi connectivity index (χ3n) is 7.13. The number of thioether (sulfide) groups is 1. The summed E-state index contributed by atoms with van der Waals surface area (Å²) >= 11 is 1.82. The second-order valence-corrected chi connectivity index (χ2v) is 9.37. The fraction of sp³-hybridized carbons (Fsp3) is 0.381. The molecule has 4 aliphatic rings. The molecular formula is C21H22BN3OS. The van der Waals surface area contributed by atoms with Crippen LogP contribution in [0.4, 0.5) is 5.69 Å². The SMILES string of the molecule is BN1CCC23c4ccccc4N[C@@H]2N2C(=O)CSC(c4ccccc4)[C@@H]2C13. The molecule has 0 saturated carbocycles. The van der Waals surface area contributed by atoms with E-state index in [0.717, 1.165) is 13.0 Å². The van der Waals surface area contributed by atoms with Crippen LogP contribution in [-0.4, -0.2) is 54.1 Å². The van der Waals surface area contributed by atoms with Crippen LogP contribution in [0.25, 0.3) is 0 Å². The Balaban J connectivity index is 1.54. The molecule has 0 radical (unpaired) electrons. The molecule has 3 saturated heterocycles. The molecule has 2 aromatic rings. The Morgan fingerprint density at radius 3 is 2.74 bits per heavy atom. The molecule has 0 bridgehead atoms. The number of amides is 1. The Morgan fingerprint density at radius 1 is 1.11 bits per heavy atom. The van der Waals surface area contributed by atoms with Crippen LogP contribution in [0, 0.1) is 0 Å². The van der Waals surface area contributed by atoms with Gasteiger partial charge < -0.3 is 15.0 Å². The van der Waals surface area contributed by atoms with Crippen molar-refractivity contribution in [3.8, 4) is 0 Å². The number of carbonyl (C=O) groups excluding carboxylic acids is 1. The molecule has 6 heteroatoms. The first kappa shape index (κ1) is 16.1. The van der Waals surface area contributed by atoms with Gasteiger partial charge in [0.25, 0.3) is 0 Å². The van der Waals surface area contributed by atoms with Gasteiger partial charge in [-0.3, -0.25) is 4.79 Å². The van der Waals surface area contributed by atoms with Crippen molar-refractivity contribution in [3.05, 3.63) is 65.7 Å². The van der Waals surface area contributed by atoms with Crippen LogP contribution >= 0.6 is 11.8 Å². The molecule has 5 atom stereocenters. The third-order valence-corrected chi connectivity index (χ3v) is 8.45. The fourth-order valence-corrected chi connectivity index (χ4v) is 7.47. The molecule has 2 aromatic carbocycles. The highest BCUT2D eigenvalue weighted by molar-refractivity contribution is 8.00. The number of rotatable bonds is 1. The predicted octanol–water partition coefficient (Wildman–Crippen LogP) is 2.00. The Bertz CT molecular complexity index is 925. The highest BCUT2D eigenvalue weighted by atomic mass is 32.2. The van der Waals surface area contributed by atoms with Gasteiger partial charge in [-0.05, 0) is 30.2 Å². The number of hydrogen-bond donors (Lipinski definition) is 1. The average molecular weight is 375 g/mol. The summed E-state index contributed by atoms with van der Waals surface area (Å²) in [6, 6.07) is 20.0. The van der Waals surface area contributed by atoms with E-state index < -0.39 is 0 Å². The second kappa shape index (κ2) is 5.55. The molecule has 0 aromatic heterocycles. The van der Waals surface area contributed by atoms with Gasteiger partial charge in [-0.15, -0.1) is 11.8 Å². The van der Waals surface area contributed by atoms with Crippen molar-refractivity contribution in [2.45, 2.75) is 35.3 Å². The zero-order valence-electron chi connectivity index (χ0n) is 15.3. The molecular weight excluding hydrogens is 353 g/mol. The van der Waals surface area contributed by atoms with E-state index in [1.54, 1.807) is 0 Å². The first-order valence-electron chi connectivity index (χ1n) is 9.76. The zero-order valence-corrected chi connectivity index (χ0v) is 16.2. The van der Waals surface area contributed by atoms with Crippen LogP contribution in [-0.2, 0) is 10.2 Å². The van der Waals surface area contributed by atoms with Gasteiger partial charge in [0.1, 0.15) is 6.17 Å². The van der Waals surface area contributed by atoms with Crippen LogP contribution in [0.3, 0.4) is 0 Å². The Labute approximate surface area is 164 Å². The van der Waals surface area contributed by atoms with Crippen molar-refractivity contribution in [1.29, 1.82) is 0 Å². The van der Waals surface area contributed by atoms with E-state index in [1.807, 2.05) is 11.8 Å². The summed E-state index contributed by atoms with van der Waals surface area (Å²) < 4.78 is 0. The molecule has 1 spiro atoms. The van der Waals surface area contributed by atoms with E-state index in [0.29, 0.717) is 17.0 Å². The maximum Gasteiger partial charge on any atom is 0.234 e. The first-order chi connectivity index (χ1) is 13.2. The zero-order chi connectivity index (χ0) is 18.2. The topological polar surface area (TPSA) is 35.6 Å². The summed E-state index contributed by atoms with van der Waals surface area (Å²) in [6.07, 6.45) is 1.18. The van der Waals surface area contributed by atoms with E-state index in [1.165, 1.54) is 16.8 Å². The number of carbonyl (C=O) groups is 1. The van der Waals surface area contributed by atoms with Gasteiger partial charge in [0.15, 0.2) is 7.98 Å². The van der Waals surface area contributed by atoms with E-state index in [2.05, 4.69) is 77.6 Å². The molecule has 4 nitrogen and oxygen atoms in total. The second-order valence-electron chi connectivity index (χ2n) is 8.24. The molecule has 0 aliphatic carbocycles. The summed E-state index contributed by atoms with van der Waals surface area (Å²) in [5.74, 6) is 0.849. The van der Waals surface area contributed by atoms with Crippen LogP contribution < -0.4 is 5.32 Å². The minimum absolute atomic E-state index is 0.00357. The van der Waals surface area contributed by atoms with Crippen LogP contribution in [0.1, 0.15) is 22.8 Å². The van der Waals surface area contributed by atoms with Crippen molar-refractivity contribution in [1.82, 2.24) is 9.71 Å². The number of benzene rings is 2. The summed E-state index contributed by atoms with van der Waals surface area (Å²) in [6.45, 7) is 1.09. The Kier molecular flexibility index (Phi) is 3.31. The van der Waals surface area contributed by atoms with Gasteiger partial charge in [-0.2, -0.15) is 0 Å². The lowest BCUT2D eigenvalue weighted by molar-refractivity contribution is -0.132. The molecule has 27 heavy (non-hydrogen) atoms. The molecule has 1 N–H and O–H groups in total. The number of hydrogen-bond acceptors (Lipinski definition) is 4. The monoisotopic (exact) mass is 375 g/mol. The number of nitrogens with zero attached hydrogens (tertiary/aromatic N) is 2. The quantitative estimate of drug-likeness (QED) is 0.774. The summed E-state index contributed by atoms with van der Waals surface area (Å²) in [4.78, 5) is 17.9. The maximum absolute atomic E-state index is 13.1. The number of para-hydroxylation sites is 1. The van der Waals surface area contributed by atoms with Gasteiger partial charge >= 0.3 is 0 Å². The van der Waals surface area contributed by atoms with Crippen LogP contribution in [0.2, 0.25) is 0 Å². The van der Waals surface area contributed by atoms with Gasteiger partial charge in [0, 0.05) is 11.7 Å². The molecule has 136 valence electrons. The van der Waals surface area contributed by atoms with Crippen molar-refractivity contribution in [3.63, 3.8) is 0 Å². The normalized spacial score (nSPS) is 36.7. The standard InChI is InChI=1S/C21H22BN3OS/c22-24-11-10-21-14-8-4-5-9-15(14)23-20(21)25-16(26)12-27-18(17(25)19(21)24)13-6-2-1-3-7-13/h1-9,17-20,23H,10-12,22H2/t17-,18?,19?,20-,21?/m1/s1. The highest BCUT2D eigenvalue weighted by Crippen LogP contribution is 2.61. The first-order valence-corrected chi connectivity index (χ1v) is 10.8. The average Bonchev–Trinajstić information content (AvgIpc) is 3.30. The number of nitrogens with one attached hydrogen (secondary N) is 1. The van der Waals surface area contributed by atoms with E-state index in [4.69, 9.17) is 0 Å².